The van der Waals surface area contributed by atoms with Crippen LogP contribution in [0.15, 0.2) is 46.5 Å². The maximum Gasteiger partial charge on any atom is 0.259 e. The number of benzene rings is 1. The van der Waals surface area contributed by atoms with Gasteiger partial charge in [0, 0.05) is 46.3 Å². The van der Waals surface area contributed by atoms with Crippen LogP contribution in [0.1, 0.15) is 0 Å². The van der Waals surface area contributed by atoms with Gasteiger partial charge in [-0.25, -0.2) is 9.97 Å². The zero-order chi connectivity index (χ0) is 16.7. The van der Waals surface area contributed by atoms with E-state index in [0.29, 0.717) is 32.6 Å². The Kier molecular flexibility index (Phi) is 2.03. The molecule has 0 aliphatic carbocycles. The zero-order valence-corrected chi connectivity index (χ0v) is 12.7. The van der Waals surface area contributed by atoms with Gasteiger partial charge in [-0.15, -0.1) is 0 Å². The number of rotatable bonds is 0. The number of H-pyrrole nitrogens is 3. The predicted octanol–water partition coefficient (Wildman–Crippen LogP) is 2.39. The van der Waals surface area contributed by atoms with Gasteiger partial charge in [-0.3, -0.25) is 14.6 Å². The number of aromatic nitrogens is 5. The first-order valence-electron chi connectivity index (χ1n) is 7.78. The summed E-state index contributed by atoms with van der Waals surface area (Å²) in [6.07, 6.45) is 7.11. The molecule has 3 N–H and O–H groups in total. The molecule has 0 fully saturated rings. The molecule has 1 aromatic carbocycles. The molecule has 6 rings (SSSR count). The second-order valence-electron chi connectivity index (χ2n) is 6.09. The van der Waals surface area contributed by atoms with Crippen LogP contribution in [0, 0.1) is 0 Å². The summed E-state index contributed by atoms with van der Waals surface area (Å²) in [7, 11) is 0. The lowest BCUT2D eigenvalue weighted by molar-refractivity contribution is 1.26. The van der Waals surface area contributed by atoms with E-state index in [1.807, 2.05) is 12.1 Å². The van der Waals surface area contributed by atoms with Gasteiger partial charge in [-0.05, 0) is 12.1 Å². The Bertz CT molecular complexity index is 1470. The quantitative estimate of drug-likeness (QED) is 0.398. The third kappa shape index (κ3) is 1.37. The molecule has 0 aliphatic heterocycles. The first-order chi connectivity index (χ1) is 12.2. The molecule has 0 unspecified atom stereocenters. The van der Waals surface area contributed by atoms with Crippen LogP contribution in [0.4, 0.5) is 0 Å². The molecule has 0 saturated carbocycles. The van der Waals surface area contributed by atoms with Crippen molar-refractivity contribution in [2.75, 3.05) is 0 Å². The van der Waals surface area contributed by atoms with Gasteiger partial charge < -0.3 is 9.97 Å². The fourth-order valence-corrected chi connectivity index (χ4v) is 3.84. The van der Waals surface area contributed by atoms with Gasteiger partial charge in [0.05, 0.1) is 32.8 Å². The van der Waals surface area contributed by atoms with Crippen molar-refractivity contribution in [3.05, 3.63) is 57.6 Å². The Morgan fingerprint density at radius 1 is 0.680 bits per heavy atom. The lowest BCUT2D eigenvalue weighted by Gasteiger charge is -1.97. The molecule has 0 amide bonds. The Hall–Kier alpha value is -3.74. The van der Waals surface area contributed by atoms with E-state index in [2.05, 4.69) is 24.9 Å². The lowest BCUT2D eigenvalue weighted by atomic mass is 10.0. The highest BCUT2D eigenvalue weighted by Crippen LogP contribution is 2.38. The van der Waals surface area contributed by atoms with Crippen molar-refractivity contribution in [2.45, 2.75) is 0 Å². The minimum absolute atomic E-state index is 0.383. The Morgan fingerprint density at radius 2 is 1.16 bits per heavy atom. The molecule has 118 valence electrons. The molecular formula is C18H9N5O2. The minimum atomic E-state index is -0.383. The number of nitrogens with zero attached hydrogens (tertiary/aromatic N) is 2. The van der Waals surface area contributed by atoms with Crippen LogP contribution >= 0.6 is 0 Å². The molecule has 5 aromatic heterocycles. The summed E-state index contributed by atoms with van der Waals surface area (Å²) in [5.74, 6) is 0. The molecule has 7 nitrogen and oxygen atoms in total. The second-order valence-corrected chi connectivity index (χ2v) is 6.09. The highest BCUT2D eigenvalue weighted by atomic mass is 16.2. The van der Waals surface area contributed by atoms with Crippen LogP contribution < -0.4 is 11.1 Å². The predicted molar refractivity (Wildman–Crippen MR) is 96.3 cm³/mol. The Labute approximate surface area is 137 Å². The van der Waals surface area contributed by atoms with Crippen molar-refractivity contribution < 1.29 is 0 Å². The van der Waals surface area contributed by atoms with Crippen LogP contribution in [0.5, 0.6) is 0 Å². The number of nitrogens with one attached hydrogen (secondary N) is 3. The number of fused-ring (bicyclic) bond motifs is 10. The molecule has 6 aromatic rings. The maximum atomic E-state index is 12.5. The molecule has 0 radical (unpaired) electrons. The molecule has 0 aliphatic rings. The minimum Gasteiger partial charge on any atom is -0.366 e. The molecule has 5 heterocycles. The van der Waals surface area contributed by atoms with Crippen molar-refractivity contribution in [3.8, 4) is 0 Å². The summed E-state index contributed by atoms with van der Waals surface area (Å²) in [5, 5.41) is 3.81. The summed E-state index contributed by atoms with van der Waals surface area (Å²) in [6, 6.07) is 3.73. The van der Waals surface area contributed by atoms with Gasteiger partial charge in [0.15, 0.2) is 0 Å². The fraction of sp³-hybridized carbons (Fsp3) is 0. The number of hydrogen-bond donors (Lipinski definition) is 3. The summed E-state index contributed by atoms with van der Waals surface area (Å²) in [5.41, 5.74) is 1.99. The van der Waals surface area contributed by atoms with Crippen molar-refractivity contribution in [1.82, 2.24) is 24.9 Å². The highest BCUT2D eigenvalue weighted by molar-refractivity contribution is 6.34. The molecule has 0 saturated heterocycles. The average molecular weight is 327 g/mol. The average Bonchev–Trinajstić information content (AvgIpc) is 3.26. The van der Waals surface area contributed by atoms with E-state index in [1.54, 1.807) is 24.8 Å². The molecule has 0 atom stereocenters. The van der Waals surface area contributed by atoms with E-state index in [-0.39, 0.29) is 11.1 Å². The number of hydrogen-bond acceptors (Lipinski definition) is 4. The monoisotopic (exact) mass is 327 g/mol. The van der Waals surface area contributed by atoms with Crippen molar-refractivity contribution in [2.24, 2.45) is 0 Å². The zero-order valence-electron chi connectivity index (χ0n) is 12.7. The lowest BCUT2D eigenvalue weighted by Crippen LogP contribution is -2.05. The van der Waals surface area contributed by atoms with Crippen LogP contribution in [-0.4, -0.2) is 24.9 Å². The largest absolute Gasteiger partial charge is 0.366 e. The van der Waals surface area contributed by atoms with Crippen LogP contribution in [0.3, 0.4) is 0 Å². The van der Waals surface area contributed by atoms with E-state index < -0.39 is 0 Å². The van der Waals surface area contributed by atoms with Crippen molar-refractivity contribution in [3.63, 3.8) is 0 Å². The van der Waals surface area contributed by atoms with E-state index in [0.717, 1.165) is 21.8 Å². The third-order valence-corrected chi connectivity index (χ3v) is 4.82. The van der Waals surface area contributed by atoms with E-state index in [1.165, 1.54) is 0 Å². The van der Waals surface area contributed by atoms with Gasteiger partial charge in [-0.1, -0.05) is 0 Å². The van der Waals surface area contributed by atoms with Crippen LogP contribution in [0.2, 0.25) is 0 Å². The maximum absolute atomic E-state index is 12.5. The van der Waals surface area contributed by atoms with Crippen LogP contribution in [-0.2, 0) is 0 Å². The molecule has 25 heavy (non-hydrogen) atoms. The molecular weight excluding hydrogens is 318 g/mol. The van der Waals surface area contributed by atoms with Crippen molar-refractivity contribution in [1.29, 1.82) is 0 Å². The van der Waals surface area contributed by atoms with Gasteiger partial charge in [-0.2, -0.15) is 0 Å². The Balaban J connectivity index is 2.14. The SMILES string of the molecule is O=c1[nH]c(=O)c2c1c1c3cc[nH]cc3nc1c1nc3c[nH]ccc3c12. The van der Waals surface area contributed by atoms with E-state index in [9.17, 15) is 9.59 Å². The van der Waals surface area contributed by atoms with Crippen molar-refractivity contribution >= 4 is 54.4 Å². The summed E-state index contributed by atoms with van der Waals surface area (Å²) < 4.78 is 0. The normalized spacial score (nSPS) is 12.3. The molecule has 7 heteroatoms. The molecule has 0 spiro atoms. The number of aromatic amines is 3. The topological polar surface area (TPSA) is 107 Å². The van der Waals surface area contributed by atoms with Gasteiger partial charge in [0.1, 0.15) is 0 Å². The second kappa shape index (κ2) is 4.02. The van der Waals surface area contributed by atoms with Gasteiger partial charge >= 0.3 is 0 Å². The smallest absolute Gasteiger partial charge is 0.259 e. The highest BCUT2D eigenvalue weighted by Gasteiger charge is 2.23. The summed E-state index contributed by atoms with van der Waals surface area (Å²) in [6.45, 7) is 0. The van der Waals surface area contributed by atoms with Gasteiger partial charge in [0.25, 0.3) is 11.1 Å². The number of pyridine rings is 2. The van der Waals surface area contributed by atoms with Gasteiger partial charge in [0.2, 0.25) is 0 Å². The molecule has 0 bridgehead atoms. The first-order valence-corrected chi connectivity index (χ1v) is 7.78. The van der Waals surface area contributed by atoms with E-state index in [4.69, 9.17) is 0 Å². The first kappa shape index (κ1) is 12.7. The van der Waals surface area contributed by atoms with Crippen LogP contribution in [0.25, 0.3) is 54.4 Å². The summed E-state index contributed by atoms with van der Waals surface area (Å²) >= 11 is 0. The standard InChI is InChI=1S/C18H9N5O2/c24-17-13-11-7-1-3-19-5-9(7)21-15(11)16-12(14(13)18(25)23-17)8-2-4-20-6-10(8)22-16/h1-6,19-20H,(H,23,24,25). The Morgan fingerprint density at radius 3 is 1.64 bits per heavy atom. The van der Waals surface area contributed by atoms with E-state index >= 15 is 0 Å². The fourth-order valence-electron chi connectivity index (χ4n) is 3.84. The summed E-state index contributed by atoms with van der Waals surface area (Å²) in [4.78, 5) is 42.9. The third-order valence-electron chi connectivity index (χ3n) is 4.82.